The summed E-state index contributed by atoms with van der Waals surface area (Å²) in [6.45, 7) is 1.62. The first-order valence-electron chi connectivity index (χ1n) is 15.0. The molecule has 4 fully saturated rings. The van der Waals surface area contributed by atoms with Gasteiger partial charge >= 0.3 is 0 Å². The third kappa shape index (κ3) is 7.60. The van der Waals surface area contributed by atoms with Crippen molar-refractivity contribution in [1.29, 1.82) is 0 Å². The van der Waals surface area contributed by atoms with Gasteiger partial charge in [0, 0.05) is 25.4 Å². The van der Waals surface area contributed by atoms with Gasteiger partial charge < -0.3 is 92.4 Å². The summed E-state index contributed by atoms with van der Waals surface area (Å²) in [6.07, 6.45) is -17.6. The molecule has 1 amide bonds. The van der Waals surface area contributed by atoms with E-state index in [1.165, 1.54) is 6.92 Å². The number of ether oxygens (including phenoxy) is 6. The summed E-state index contributed by atoms with van der Waals surface area (Å²) < 4.78 is 35.7. The summed E-state index contributed by atoms with van der Waals surface area (Å²) in [4.78, 5) is 12.1. The standard InChI is InChI=1S/C26H49N5O14/c1-7-21(43-25-14(29)19(38)17(36)11(4-27)40-25)13(6-33)42-24(7)45-23-16(35)9(28)3-10(31-8(2)34)22(23)44-26-15(30)20(39)18(37)12(5-32)41-26/h7,9-26,32-33,35-39H,3-6,27-30H2,1-2H3,(H,31,34). The summed E-state index contributed by atoms with van der Waals surface area (Å²) in [6, 6.07) is -4.22. The molecule has 4 aliphatic rings. The quantitative estimate of drug-likeness (QED) is 0.104. The van der Waals surface area contributed by atoms with Crippen molar-refractivity contribution in [2.24, 2.45) is 28.9 Å². The minimum Gasteiger partial charge on any atom is -0.394 e. The molecule has 45 heavy (non-hydrogen) atoms. The highest BCUT2D eigenvalue weighted by molar-refractivity contribution is 5.73. The summed E-state index contributed by atoms with van der Waals surface area (Å²) in [7, 11) is 0. The highest BCUT2D eigenvalue weighted by Gasteiger charge is 2.54. The molecule has 262 valence electrons. The molecule has 3 aliphatic heterocycles. The molecule has 19 heteroatoms. The molecule has 19 nitrogen and oxygen atoms in total. The first-order valence-corrected chi connectivity index (χ1v) is 15.0. The van der Waals surface area contributed by atoms with Crippen LogP contribution in [0.5, 0.6) is 0 Å². The third-order valence-corrected chi connectivity index (χ3v) is 9.00. The molecule has 3 heterocycles. The summed E-state index contributed by atoms with van der Waals surface area (Å²) in [5.74, 6) is -1.12. The highest BCUT2D eigenvalue weighted by Crippen LogP contribution is 2.37. The molecule has 0 spiro atoms. The van der Waals surface area contributed by atoms with E-state index in [9.17, 15) is 40.5 Å². The Morgan fingerprint density at radius 3 is 1.76 bits per heavy atom. The molecular weight excluding hydrogens is 606 g/mol. The van der Waals surface area contributed by atoms with Crippen molar-refractivity contribution in [2.75, 3.05) is 19.8 Å². The number of nitrogens with two attached hydrogens (primary N) is 4. The monoisotopic (exact) mass is 655 g/mol. The first kappa shape index (κ1) is 36.6. The van der Waals surface area contributed by atoms with Crippen molar-refractivity contribution in [3.8, 4) is 0 Å². The van der Waals surface area contributed by atoms with E-state index >= 15 is 0 Å². The second kappa shape index (κ2) is 15.3. The normalized spacial score (nSPS) is 50.8. The Bertz CT molecular complexity index is 971. The fraction of sp³-hybridized carbons (Fsp3) is 0.962. The Morgan fingerprint density at radius 2 is 1.22 bits per heavy atom. The van der Waals surface area contributed by atoms with Crippen LogP contribution in [0.1, 0.15) is 20.3 Å². The van der Waals surface area contributed by atoms with Gasteiger partial charge in [0.05, 0.1) is 43.5 Å². The van der Waals surface area contributed by atoms with Gasteiger partial charge in [-0.15, -0.1) is 0 Å². The minimum atomic E-state index is -1.54. The molecule has 0 bridgehead atoms. The number of rotatable bonds is 10. The molecule has 19 unspecified atom stereocenters. The van der Waals surface area contributed by atoms with Gasteiger partial charge in [-0.25, -0.2) is 0 Å². The zero-order valence-corrected chi connectivity index (χ0v) is 25.1. The predicted molar refractivity (Wildman–Crippen MR) is 149 cm³/mol. The predicted octanol–water partition coefficient (Wildman–Crippen LogP) is -7.41. The van der Waals surface area contributed by atoms with Gasteiger partial charge in [-0.1, -0.05) is 6.92 Å². The van der Waals surface area contributed by atoms with Crippen LogP contribution >= 0.6 is 0 Å². The van der Waals surface area contributed by atoms with E-state index in [4.69, 9.17) is 51.4 Å². The summed E-state index contributed by atoms with van der Waals surface area (Å²) in [5.41, 5.74) is 24.0. The summed E-state index contributed by atoms with van der Waals surface area (Å²) >= 11 is 0. The van der Waals surface area contributed by atoms with Crippen molar-refractivity contribution < 1.29 is 69.0 Å². The molecule has 0 aromatic carbocycles. The second-order valence-electron chi connectivity index (χ2n) is 12.2. The Kier molecular flexibility index (Phi) is 12.5. The topological polar surface area (TPSA) is 330 Å². The Morgan fingerprint density at radius 1 is 0.733 bits per heavy atom. The number of carbonyl (C=O) groups is 1. The van der Waals surface area contributed by atoms with E-state index < -0.39 is 135 Å². The van der Waals surface area contributed by atoms with Gasteiger partial charge in [-0.05, 0) is 6.42 Å². The lowest BCUT2D eigenvalue weighted by atomic mass is 9.83. The van der Waals surface area contributed by atoms with Crippen LogP contribution in [0, 0.1) is 5.92 Å². The molecule has 0 aromatic heterocycles. The van der Waals surface area contributed by atoms with Gasteiger partial charge in [0.25, 0.3) is 0 Å². The molecule has 19 atom stereocenters. The third-order valence-electron chi connectivity index (χ3n) is 9.00. The van der Waals surface area contributed by atoms with Crippen LogP contribution in [0.4, 0.5) is 0 Å². The smallest absolute Gasteiger partial charge is 0.217 e. The fourth-order valence-corrected chi connectivity index (χ4v) is 6.31. The number of carbonyl (C=O) groups excluding carboxylic acids is 1. The van der Waals surface area contributed by atoms with E-state index in [0.29, 0.717) is 0 Å². The zero-order chi connectivity index (χ0) is 33.3. The number of aliphatic hydroxyl groups excluding tert-OH is 7. The molecule has 16 N–H and O–H groups in total. The molecule has 1 aliphatic carbocycles. The van der Waals surface area contributed by atoms with E-state index in [2.05, 4.69) is 5.32 Å². The van der Waals surface area contributed by atoms with Gasteiger partial charge in [0.15, 0.2) is 18.9 Å². The van der Waals surface area contributed by atoms with Crippen LogP contribution in [-0.4, -0.2) is 172 Å². The Hall–Kier alpha value is -1.21. The Labute approximate surface area is 259 Å². The summed E-state index contributed by atoms with van der Waals surface area (Å²) in [5, 5.41) is 74.9. The van der Waals surface area contributed by atoms with Crippen molar-refractivity contribution in [3.63, 3.8) is 0 Å². The van der Waals surface area contributed by atoms with E-state index in [0.717, 1.165) is 0 Å². The van der Waals surface area contributed by atoms with Crippen LogP contribution < -0.4 is 28.3 Å². The van der Waals surface area contributed by atoms with Crippen molar-refractivity contribution >= 4 is 5.91 Å². The van der Waals surface area contributed by atoms with Crippen LogP contribution in [0.2, 0.25) is 0 Å². The van der Waals surface area contributed by atoms with Crippen LogP contribution in [-0.2, 0) is 33.2 Å². The van der Waals surface area contributed by atoms with Crippen molar-refractivity contribution in [1.82, 2.24) is 5.32 Å². The lowest BCUT2D eigenvalue weighted by molar-refractivity contribution is -0.310. The van der Waals surface area contributed by atoms with Crippen LogP contribution in [0.25, 0.3) is 0 Å². The molecule has 0 aromatic rings. The van der Waals surface area contributed by atoms with Crippen molar-refractivity contribution in [2.45, 2.75) is 130 Å². The molecule has 1 saturated carbocycles. The van der Waals surface area contributed by atoms with E-state index in [1.54, 1.807) is 6.92 Å². The van der Waals surface area contributed by atoms with Gasteiger partial charge in [-0.2, -0.15) is 0 Å². The lowest BCUT2D eigenvalue weighted by Gasteiger charge is -2.48. The SMILES string of the molecule is CC(=O)NC1CC(N)C(O)C(OC2OC(CO)C(OC3OC(CN)C(O)C(O)C3N)C2C)C1OC1OC(CO)C(O)C(O)C1N. The van der Waals surface area contributed by atoms with Crippen LogP contribution in [0.15, 0.2) is 0 Å². The zero-order valence-electron chi connectivity index (χ0n) is 25.1. The fourth-order valence-electron chi connectivity index (χ4n) is 6.31. The van der Waals surface area contributed by atoms with Gasteiger partial charge in [0.2, 0.25) is 5.91 Å². The van der Waals surface area contributed by atoms with E-state index in [1.807, 2.05) is 0 Å². The number of amides is 1. The average Bonchev–Trinajstić information content (AvgIpc) is 3.30. The second-order valence-corrected chi connectivity index (χ2v) is 12.2. The van der Waals surface area contributed by atoms with Crippen LogP contribution in [0.3, 0.4) is 0 Å². The Balaban J connectivity index is 1.56. The molecule has 3 saturated heterocycles. The number of hydrogen-bond acceptors (Lipinski definition) is 18. The largest absolute Gasteiger partial charge is 0.394 e. The number of nitrogens with one attached hydrogen (secondary N) is 1. The first-order chi connectivity index (χ1) is 21.2. The minimum absolute atomic E-state index is 0.0430. The maximum absolute atomic E-state index is 12.1. The maximum atomic E-state index is 12.1. The average molecular weight is 656 g/mol. The highest BCUT2D eigenvalue weighted by atomic mass is 16.7. The van der Waals surface area contributed by atoms with Crippen molar-refractivity contribution in [3.05, 3.63) is 0 Å². The molecular formula is C26H49N5O14. The maximum Gasteiger partial charge on any atom is 0.217 e. The van der Waals surface area contributed by atoms with E-state index in [-0.39, 0.29) is 13.0 Å². The van der Waals surface area contributed by atoms with Gasteiger partial charge in [0.1, 0.15) is 54.9 Å². The number of aliphatic hydroxyl groups is 7. The molecule has 4 rings (SSSR count). The van der Waals surface area contributed by atoms with Gasteiger partial charge in [-0.3, -0.25) is 4.79 Å². The number of hydrogen-bond donors (Lipinski definition) is 12. The molecule has 0 radical (unpaired) electrons. The lowest BCUT2D eigenvalue weighted by Crippen LogP contribution is -2.68.